The van der Waals surface area contributed by atoms with Crippen molar-refractivity contribution < 1.29 is 4.79 Å². The molecule has 0 fully saturated rings. The number of carbonyl (C=O) groups excluding carboxylic acids is 1. The molecule has 0 spiro atoms. The molecule has 4 heteroatoms. The Morgan fingerprint density at radius 2 is 2.00 bits per heavy atom. The molecule has 0 saturated carbocycles. The predicted octanol–water partition coefficient (Wildman–Crippen LogP) is 4.33. The molecule has 18 heavy (non-hydrogen) atoms. The number of alkyl halides is 1. The molecule has 0 saturated heterocycles. The number of amides is 1. The van der Waals surface area contributed by atoms with E-state index in [9.17, 15) is 4.79 Å². The summed E-state index contributed by atoms with van der Waals surface area (Å²) in [6.45, 7) is 2.65. The van der Waals surface area contributed by atoms with Gasteiger partial charge in [-0.1, -0.05) is 46.4 Å². The molecule has 1 rings (SSSR count). The molecule has 0 radical (unpaired) electrons. The molecular weight excluding hydrogens is 314 g/mol. The smallest absolute Gasteiger partial charge is 0.251 e. The van der Waals surface area contributed by atoms with Gasteiger partial charge in [0.25, 0.3) is 5.91 Å². The molecule has 1 amide bonds. The van der Waals surface area contributed by atoms with Crippen LogP contribution in [0.15, 0.2) is 18.2 Å². The molecule has 1 N–H and O–H groups in total. The van der Waals surface area contributed by atoms with Crippen molar-refractivity contribution in [3.8, 4) is 0 Å². The van der Waals surface area contributed by atoms with Crippen molar-refractivity contribution in [3.05, 3.63) is 34.3 Å². The minimum atomic E-state index is -0.0441. The number of hydrogen-bond acceptors (Lipinski definition) is 1. The second-order valence-corrected chi connectivity index (χ2v) is 5.52. The van der Waals surface area contributed by atoms with Crippen LogP contribution in [0.4, 0.5) is 0 Å². The van der Waals surface area contributed by atoms with Gasteiger partial charge in [-0.3, -0.25) is 4.79 Å². The van der Waals surface area contributed by atoms with Crippen LogP contribution in [-0.4, -0.2) is 17.8 Å². The van der Waals surface area contributed by atoms with E-state index in [2.05, 4.69) is 21.2 Å². The first kappa shape index (κ1) is 15.5. The first-order valence-corrected chi connectivity index (χ1v) is 7.75. The number of unbranched alkanes of at least 4 members (excludes halogenated alkanes) is 3. The van der Waals surface area contributed by atoms with E-state index in [0.717, 1.165) is 30.3 Å². The topological polar surface area (TPSA) is 29.1 Å². The summed E-state index contributed by atoms with van der Waals surface area (Å²) >= 11 is 9.39. The van der Waals surface area contributed by atoms with Crippen LogP contribution in [0.25, 0.3) is 0 Å². The lowest BCUT2D eigenvalue weighted by Gasteiger charge is -2.06. The van der Waals surface area contributed by atoms with Gasteiger partial charge in [0.1, 0.15) is 0 Å². The Labute approximate surface area is 122 Å². The number of carbonyl (C=O) groups is 1. The van der Waals surface area contributed by atoms with Gasteiger partial charge in [0, 0.05) is 22.5 Å². The minimum absolute atomic E-state index is 0.0441. The highest BCUT2D eigenvalue weighted by molar-refractivity contribution is 9.09. The molecule has 0 aliphatic carbocycles. The van der Waals surface area contributed by atoms with E-state index in [1.165, 1.54) is 12.8 Å². The molecule has 0 aliphatic heterocycles. The molecule has 0 heterocycles. The maximum absolute atomic E-state index is 11.8. The molecule has 0 aliphatic rings. The van der Waals surface area contributed by atoms with Gasteiger partial charge in [0.2, 0.25) is 0 Å². The largest absolute Gasteiger partial charge is 0.352 e. The number of benzene rings is 1. The molecule has 0 aromatic heterocycles. The number of nitrogens with one attached hydrogen (secondary N) is 1. The quantitative estimate of drug-likeness (QED) is 0.584. The van der Waals surface area contributed by atoms with Gasteiger partial charge in [-0.15, -0.1) is 0 Å². The molecule has 1 aromatic rings. The number of halogens is 2. The normalized spacial score (nSPS) is 10.4. The van der Waals surface area contributed by atoms with Gasteiger partial charge in [-0.25, -0.2) is 0 Å². The van der Waals surface area contributed by atoms with Crippen molar-refractivity contribution in [2.45, 2.75) is 32.6 Å². The summed E-state index contributed by atoms with van der Waals surface area (Å²) < 4.78 is 0. The standard InChI is InChI=1S/C14H19BrClNO/c1-11-6-7-12(10-13(11)16)14(18)17-9-5-3-2-4-8-15/h6-7,10H,2-5,8-9H2,1H3,(H,17,18). The van der Waals surface area contributed by atoms with E-state index >= 15 is 0 Å². The van der Waals surface area contributed by atoms with E-state index < -0.39 is 0 Å². The van der Waals surface area contributed by atoms with Gasteiger partial charge in [0.05, 0.1) is 0 Å². The average Bonchev–Trinajstić information content (AvgIpc) is 2.36. The van der Waals surface area contributed by atoms with Crippen molar-refractivity contribution in [3.63, 3.8) is 0 Å². The first-order chi connectivity index (χ1) is 8.65. The Hall–Kier alpha value is -0.540. The highest BCUT2D eigenvalue weighted by atomic mass is 79.9. The van der Waals surface area contributed by atoms with E-state index in [-0.39, 0.29) is 5.91 Å². The van der Waals surface area contributed by atoms with Crippen LogP contribution in [-0.2, 0) is 0 Å². The molecule has 0 unspecified atom stereocenters. The maximum Gasteiger partial charge on any atom is 0.251 e. The lowest BCUT2D eigenvalue weighted by molar-refractivity contribution is 0.0953. The molecule has 1 aromatic carbocycles. The van der Waals surface area contributed by atoms with Crippen molar-refractivity contribution in [1.82, 2.24) is 5.32 Å². The second kappa shape index (κ2) is 8.54. The molecule has 100 valence electrons. The fourth-order valence-corrected chi connectivity index (χ4v) is 2.19. The highest BCUT2D eigenvalue weighted by Crippen LogP contribution is 2.16. The molecule has 2 nitrogen and oxygen atoms in total. The summed E-state index contributed by atoms with van der Waals surface area (Å²) in [4.78, 5) is 11.8. The van der Waals surface area contributed by atoms with E-state index in [1.807, 2.05) is 13.0 Å². The predicted molar refractivity (Wildman–Crippen MR) is 80.8 cm³/mol. The first-order valence-electron chi connectivity index (χ1n) is 6.25. The fourth-order valence-electron chi connectivity index (χ4n) is 1.61. The van der Waals surface area contributed by atoms with Crippen molar-refractivity contribution in [2.75, 3.05) is 11.9 Å². The summed E-state index contributed by atoms with van der Waals surface area (Å²) in [5, 5.41) is 4.61. The van der Waals surface area contributed by atoms with E-state index in [4.69, 9.17) is 11.6 Å². The SMILES string of the molecule is Cc1ccc(C(=O)NCCCCCCBr)cc1Cl. The lowest BCUT2D eigenvalue weighted by Crippen LogP contribution is -2.24. The number of aryl methyl sites for hydroxylation is 1. The van der Waals surface area contributed by atoms with Crippen LogP contribution < -0.4 is 5.32 Å². The molecule has 0 atom stereocenters. The zero-order valence-electron chi connectivity index (χ0n) is 10.6. The second-order valence-electron chi connectivity index (χ2n) is 4.32. The summed E-state index contributed by atoms with van der Waals surface area (Å²) in [5.74, 6) is -0.0441. The van der Waals surface area contributed by atoms with Gasteiger partial charge in [-0.2, -0.15) is 0 Å². The van der Waals surface area contributed by atoms with Crippen LogP contribution in [0.3, 0.4) is 0 Å². The van der Waals surface area contributed by atoms with Gasteiger partial charge < -0.3 is 5.32 Å². The van der Waals surface area contributed by atoms with Gasteiger partial charge in [-0.05, 0) is 37.5 Å². The maximum atomic E-state index is 11.8. The number of rotatable bonds is 7. The third-order valence-electron chi connectivity index (χ3n) is 2.78. The monoisotopic (exact) mass is 331 g/mol. The van der Waals surface area contributed by atoms with Crippen molar-refractivity contribution in [1.29, 1.82) is 0 Å². The highest BCUT2D eigenvalue weighted by Gasteiger charge is 2.06. The average molecular weight is 333 g/mol. The van der Waals surface area contributed by atoms with Crippen LogP contribution in [0, 0.1) is 6.92 Å². The van der Waals surface area contributed by atoms with Crippen molar-refractivity contribution >= 4 is 33.4 Å². The lowest BCUT2D eigenvalue weighted by atomic mass is 10.1. The summed E-state index contributed by atoms with van der Waals surface area (Å²) in [5.41, 5.74) is 1.62. The zero-order chi connectivity index (χ0) is 13.4. The van der Waals surface area contributed by atoms with Gasteiger partial charge >= 0.3 is 0 Å². The van der Waals surface area contributed by atoms with Gasteiger partial charge in [0.15, 0.2) is 0 Å². The van der Waals surface area contributed by atoms with Crippen LogP contribution in [0.1, 0.15) is 41.6 Å². The van der Waals surface area contributed by atoms with E-state index in [0.29, 0.717) is 10.6 Å². The Bertz CT molecular complexity index is 395. The third kappa shape index (κ3) is 5.40. The third-order valence-corrected chi connectivity index (χ3v) is 3.75. The zero-order valence-corrected chi connectivity index (χ0v) is 13.0. The molecular formula is C14H19BrClNO. The van der Waals surface area contributed by atoms with Crippen LogP contribution in [0.2, 0.25) is 5.02 Å². The fraction of sp³-hybridized carbons (Fsp3) is 0.500. The molecule has 0 bridgehead atoms. The minimum Gasteiger partial charge on any atom is -0.352 e. The Morgan fingerprint density at radius 1 is 1.28 bits per heavy atom. The summed E-state index contributed by atoms with van der Waals surface area (Å²) in [7, 11) is 0. The summed E-state index contributed by atoms with van der Waals surface area (Å²) in [6.07, 6.45) is 4.58. The van der Waals surface area contributed by atoms with E-state index in [1.54, 1.807) is 12.1 Å². The summed E-state index contributed by atoms with van der Waals surface area (Å²) in [6, 6.07) is 5.39. The Balaban J connectivity index is 2.30. The van der Waals surface area contributed by atoms with Crippen LogP contribution >= 0.6 is 27.5 Å². The number of hydrogen-bond donors (Lipinski definition) is 1. The van der Waals surface area contributed by atoms with Crippen molar-refractivity contribution in [2.24, 2.45) is 0 Å². The Morgan fingerprint density at radius 3 is 2.67 bits per heavy atom. The Kier molecular flexibility index (Phi) is 7.36. The van der Waals surface area contributed by atoms with Crippen LogP contribution in [0.5, 0.6) is 0 Å².